The van der Waals surface area contributed by atoms with Crippen molar-refractivity contribution in [1.82, 2.24) is 5.32 Å². The SMILES string of the molecule is CS(=O)(=O)c1cccc(C(=O)N[C@@H]2CCCC[C@H]2O)c1. The second kappa shape index (κ2) is 5.93. The van der Waals surface area contributed by atoms with Gasteiger partial charge < -0.3 is 10.4 Å². The first-order valence-electron chi connectivity index (χ1n) is 6.67. The molecule has 2 rings (SSSR count). The number of hydrogen-bond donors (Lipinski definition) is 2. The molecule has 110 valence electrons. The Hall–Kier alpha value is -1.40. The van der Waals surface area contributed by atoms with Gasteiger partial charge in [0.1, 0.15) is 0 Å². The van der Waals surface area contributed by atoms with E-state index in [0.717, 1.165) is 25.5 Å². The van der Waals surface area contributed by atoms with Gasteiger partial charge in [0, 0.05) is 11.8 Å². The smallest absolute Gasteiger partial charge is 0.251 e. The molecule has 1 aromatic carbocycles. The normalized spacial score (nSPS) is 23.3. The lowest BCUT2D eigenvalue weighted by molar-refractivity contribution is 0.0717. The molecule has 0 unspecified atom stereocenters. The zero-order valence-electron chi connectivity index (χ0n) is 11.4. The molecule has 0 aromatic heterocycles. The molecular formula is C14H19NO4S. The number of sulfone groups is 1. The van der Waals surface area contributed by atoms with Crippen LogP contribution in [0.1, 0.15) is 36.0 Å². The van der Waals surface area contributed by atoms with Gasteiger partial charge in [-0.25, -0.2) is 8.42 Å². The summed E-state index contributed by atoms with van der Waals surface area (Å²) in [6.07, 6.45) is 3.97. The van der Waals surface area contributed by atoms with E-state index in [0.29, 0.717) is 12.0 Å². The lowest BCUT2D eigenvalue weighted by Gasteiger charge is -2.28. The predicted molar refractivity (Wildman–Crippen MR) is 75.3 cm³/mol. The molecule has 0 aliphatic heterocycles. The summed E-state index contributed by atoms with van der Waals surface area (Å²) in [5.41, 5.74) is 0.297. The fraction of sp³-hybridized carbons (Fsp3) is 0.500. The van der Waals surface area contributed by atoms with E-state index in [2.05, 4.69) is 5.32 Å². The van der Waals surface area contributed by atoms with Gasteiger partial charge in [-0.1, -0.05) is 18.9 Å². The predicted octanol–water partition coefficient (Wildman–Crippen LogP) is 1.12. The number of benzene rings is 1. The van der Waals surface area contributed by atoms with Crippen molar-refractivity contribution >= 4 is 15.7 Å². The molecule has 1 aliphatic carbocycles. The third-order valence-corrected chi connectivity index (χ3v) is 4.68. The Labute approximate surface area is 118 Å². The maximum Gasteiger partial charge on any atom is 0.251 e. The van der Waals surface area contributed by atoms with E-state index in [1.54, 1.807) is 12.1 Å². The maximum absolute atomic E-state index is 12.1. The van der Waals surface area contributed by atoms with Crippen molar-refractivity contribution in [1.29, 1.82) is 0 Å². The molecule has 1 amide bonds. The van der Waals surface area contributed by atoms with Crippen LogP contribution < -0.4 is 5.32 Å². The van der Waals surface area contributed by atoms with Gasteiger partial charge in [-0.3, -0.25) is 4.79 Å². The Bertz CT molecular complexity index is 597. The molecule has 0 heterocycles. The monoisotopic (exact) mass is 297 g/mol. The van der Waals surface area contributed by atoms with Crippen LogP contribution in [0.25, 0.3) is 0 Å². The van der Waals surface area contributed by atoms with E-state index < -0.39 is 15.9 Å². The van der Waals surface area contributed by atoms with Crippen LogP contribution in [0.2, 0.25) is 0 Å². The number of carbonyl (C=O) groups excluding carboxylic acids is 1. The van der Waals surface area contributed by atoms with Crippen molar-refractivity contribution in [2.24, 2.45) is 0 Å². The fourth-order valence-corrected chi connectivity index (χ4v) is 3.07. The highest BCUT2D eigenvalue weighted by atomic mass is 32.2. The molecule has 2 atom stereocenters. The van der Waals surface area contributed by atoms with Crippen LogP contribution in [0.15, 0.2) is 29.2 Å². The number of aliphatic hydroxyl groups is 1. The van der Waals surface area contributed by atoms with Crippen LogP contribution in [0.4, 0.5) is 0 Å². The summed E-state index contributed by atoms with van der Waals surface area (Å²) in [5.74, 6) is -0.346. The Balaban J connectivity index is 2.13. The van der Waals surface area contributed by atoms with Gasteiger partial charge in [0.25, 0.3) is 5.91 Å². The number of amides is 1. The van der Waals surface area contributed by atoms with Gasteiger partial charge in [0.05, 0.1) is 17.0 Å². The second-order valence-corrected chi connectivity index (χ2v) is 7.25. The molecule has 1 aliphatic rings. The minimum atomic E-state index is -3.33. The topological polar surface area (TPSA) is 83.5 Å². The van der Waals surface area contributed by atoms with Crippen LogP contribution >= 0.6 is 0 Å². The Morgan fingerprint density at radius 1 is 1.30 bits per heavy atom. The van der Waals surface area contributed by atoms with Gasteiger partial charge in [0.2, 0.25) is 0 Å². The van der Waals surface area contributed by atoms with Crippen LogP contribution in [0.5, 0.6) is 0 Å². The molecule has 20 heavy (non-hydrogen) atoms. The van der Waals surface area contributed by atoms with Crippen LogP contribution in [-0.4, -0.2) is 37.8 Å². The zero-order chi connectivity index (χ0) is 14.8. The third kappa shape index (κ3) is 3.58. The van der Waals surface area contributed by atoms with Crippen molar-refractivity contribution in [2.75, 3.05) is 6.26 Å². The third-order valence-electron chi connectivity index (χ3n) is 3.57. The van der Waals surface area contributed by atoms with Crippen molar-refractivity contribution < 1.29 is 18.3 Å². The molecule has 0 spiro atoms. The highest BCUT2D eigenvalue weighted by Crippen LogP contribution is 2.19. The fourth-order valence-electron chi connectivity index (χ4n) is 2.40. The molecular weight excluding hydrogens is 278 g/mol. The molecule has 1 saturated carbocycles. The minimum Gasteiger partial charge on any atom is -0.391 e. The molecule has 6 heteroatoms. The van der Waals surface area contributed by atoms with E-state index in [-0.39, 0.29) is 16.8 Å². The van der Waals surface area contributed by atoms with Crippen molar-refractivity contribution in [3.8, 4) is 0 Å². The number of hydrogen-bond acceptors (Lipinski definition) is 4. The summed E-state index contributed by atoms with van der Waals surface area (Å²) < 4.78 is 23.0. The standard InChI is InChI=1S/C14H19NO4S/c1-20(18,19)11-6-4-5-10(9-11)14(17)15-12-7-2-3-8-13(12)16/h4-6,9,12-13,16H,2-3,7-8H2,1H3,(H,15,17)/t12-,13-/m1/s1. The molecule has 1 aromatic rings. The number of nitrogens with one attached hydrogen (secondary N) is 1. The second-order valence-electron chi connectivity index (χ2n) is 5.23. The van der Waals surface area contributed by atoms with Crippen molar-refractivity contribution in [3.05, 3.63) is 29.8 Å². The average Bonchev–Trinajstić information content (AvgIpc) is 2.40. The number of carbonyl (C=O) groups is 1. The summed E-state index contributed by atoms with van der Waals surface area (Å²) in [6, 6.07) is 5.68. The summed E-state index contributed by atoms with van der Waals surface area (Å²) >= 11 is 0. The first-order valence-corrected chi connectivity index (χ1v) is 8.56. The van der Waals surface area contributed by atoms with Gasteiger partial charge in [-0.2, -0.15) is 0 Å². The van der Waals surface area contributed by atoms with Crippen LogP contribution in [0.3, 0.4) is 0 Å². The summed E-state index contributed by atoms with van der Waals surface area (Å²) in [4.78, 5) is 12.2. The highest BCUT2D eigenvalue weighted by molar-refractivity contribution is 7.90. The molecule has 5 nitrogen and oxygen atoms in total. The lowest BCUT2D eigenvalue weighted by Crippen LogP contribution is -2.45. The van der Waals surface area contributed by atoms with Gasteiger partial charge in [-0.05, 0) is 31.0 Å². The number of aliphatic hydroxyl groups excluding tert-OH is 1. The van der Waals surface area contributed by atoms with Gasteiger partial charge >= 0.3 is 0 Å². The summed E-state index contributed by atoms with van der Waals surface area (Å²) in [6.45, 7) is 0. The van der Waals surface area contributed by atoms with E-state index in [1.165, 1.54) is 12.1 Å². The maximum atomic E-state index is 12.1. The molecule has 0 bridgehead atoms. The summed E-state index contributed by atoms with van der Waals surface area (Å²) in [5, 5.41) is 12.6. The Kier molecular flexibility index (Phi) is 4.45. The largest absolute Gasteiger partial charge is 0.391 e. The molecule has 2 N–H and O–H groups in total. The highest BCUT2D eigenvalue weighted by Gasteiger charge is 2.25. The summed E-state index contributed by atoms with van der Waals surface area (Å²) in [7, 11) is -3.33. The first-order chi connectivity index (χ1) is 9.38. The molecule has 1 fully saturated rings. The van der Waals surface area contributed by atoms with Crippen molar-refractivity contribution in [2.45, 2.75) is 42.7 Å². The first kappa shape index (κ1) is 15.0. The van der Waals surface area contributed by atoms with Crippen LogP contribution in [0, 0.1) is 0 Å². The van der Waals surface area contributed by atoms with E-state index in [9.17, 15) is 18.3 Å². The number of rotatable bonds is 3. The molecule has 0 radical (unpaired) electrons. The van der Waals surface area contributed by atoms with Crippen molar-refractivity contribution in [3.63, 3.8) is 0 Å². The Morgan fingerprint density at radius 2 is 2.00 bits per heavy atom. The Morgan fingerprint density at radius 3 is 2.65 bits per heavy atom. The van der Waals surface area contributed by atoms with Gasteiger partial charge in [-0.15, -0.1) is 0 Å². The lowest BCUT2D eigenvalue weighted by atomic mass is 9.92. The molecule has 0 saturated heterocycles. The van der Waals surface area contributed by atoms with E-state index >= 15 is 0 Å². The quantitative estimate of drug-likeness (QED) is 0.876. The van der Waals surface area contributed by atoms with Crippen LogP contribution in [-0.2, 0) is 9.84 Å². The average molecular weight is 297 g/mol. The van der Waals surface area contributed by atoms with E-state index in [4.69, 9.17) is 0 Å². The van der Waals surface area contributed by atoms with Gasteiger partial charge in [0.15, 0.2) is 9.84 Å². The van der Waals surface area contributed by atoms with E-state index in [1.807, 2.05) is 0 Å². The minimum absolute atomic E-state index is 0.120. The zero-order valence-corrected chi connectivity index (χ0v) is 12.2.